The van der Waals surface area contributed by atoms with Crippen LogP contribution in [0.15, 0.2) is 10.9 Å². The molecule has 1 saturated heterocycles. The highest BCUT2D eigenvalue weighted by molar-refractivity contribution is 5.30. The Balaban J connectivity index is 1.98. The Hall–Kier alpha value is -1.29. The first-order chi connectivity index (χ1) is 10.7. The van der Waals surface area contributed by atoms with Crippen molar-refractivity contribution in [3.05, 3.63) is 27.7 Å². The zero-order valence-electron chi connectivity index (χ0n) is 13.7. The van der Waals surface area contributed by atoms with E-state index in [1.807, 2.05) is 6.92 Å². The third kappa shape index (κ3) is 3.22. The molecule has 1 aromatic rings. The van der Waals surface area contributed by atoms with Gasteiger partial charge in [-0.1, -0.05) is 25.7 Å². The first kappa shape index (κ1) is 15.6. The molecule has 0 atom stereocenters. The van der Waals surface area contributed by atoms with Crippen molar-refractivity contribution in [1.82, 2.24) is 9.47 Å². The van der Waals surface area contributed by atoms with Gasteiger partial charge in [0.1, 0.15) is 0 Å². The number of hydrogen-bond donors (Lipinski definition) is 1. The standard InChI is InChI=1S/C18H28N2O2/c1-14-12-17(21)18(22)16(13-19-10-6-7-11-19)20(14)15-8-4-2-3-5-9-15/h12,15,22H,2-11,13H2,1H3. The third-order valence-corrected chi connectivity index (χ3v) is 5.28. The Morgan fingerprint density at radius 2 is 1.73 bits per heavy atom. The summed E-state index contributed by atoms with van der Waals surface area (Å²) in [6.07, 6.45) is 9.89. The van der Waals surface area contributed by atoms with Crippen molar-refractivity contribution in [3.8, 4) is 5.75 Å². The van der Waals surface area contributed by atoms with Crippen LogP contribution >= 0.6 is 0 Å². The van der Waals surface area contributed by atoms with E-state index < -0.39 is 0 Å². The number of rotatable bonds is 3. The molecule has 3 rings (SSSR count). The summed E-state index contributed by atoms with van der Waals surface area (Å²) in [6.45, 7) is 4.87. The molecule has 4 heteroatoms. The Bertz CT molecular complexity index is 565. The first-order valence-corrected chi connectivity index (χ1v) is 8.83. The van der Waals surface area contributed by atoms with Gasteiger partial charge in [-0.05, 0) is 45.7 Å². The molecule has 2 fully saturated rings. The normalized spacial score (nSPS) is 21.1. The molecule has 1 saturated carbocycles. The van der Waals surface area contributed by atoms with Crippen LogP contribution in [0.4, 0.5) is 0 Å². The summed E-state index contributed by atoms with van der Waals surface area (Å²) in [6, 6.07) is 2.04. The summed E-state index contributed by atoms with van der Waals surface area (Å²) in [7, 11) is 0. The molecule has 0 unspecified atom stereocenters. The molecule has 0 amide bonds. The number of pyridine rings is 1. The zero-order valence-corrected chi connectivity index (χ0v) is 13.7. The topological polar surface area (TPSA) is 45.5 Å². The molecule has 4 nitrogen and oxygen atoms in total. The van der Waals surface area contributed by atoms with Crippen LogP contribution in [0.25, 0.3) is 0 Å². The largest absolute Gasteiger partial charge is 0.503 e. The Labute approximate surface area is 132 Å². The van der Waals surface area contributed by atoms with Crippen molar-refractivity contribution >= 4 is 0 Å². The van der Waals surface area contributed by atoms with E-state index in [4.69, 9.17) is 0 Å². The lowest BCUT2D eigenvalue weighted by Crippen LogP contribution is -2.27. The molecule has 0 bridgehead atoms. The average Bonchev–Trinajstić information content (AvgIpc) is 2.86. The highest BCUT2D eigenvalue weighted by atomic mass is 16.3. The van der Waals surface area contributed by atoms with Crippen molar-refractivity contribution in [2.24, 2.45) is 0 Å². The van der Waals surface area contributed by atoms with Gasteiger partial charge in [-0.15, -0.1) is 0 Å². The molecular weight excluding hydrogens is 276 g/mol. The van der Waals surface area contributed by atoms with Crippen LogP contribution in [-0.4, -0.2) is 27.7 Å². The average molecular weight is 304 g/mol. The van der Waals surface area contributed by atoms with Crippen LogP contribution < -0.4 is 5.43 Å². The SMILES string of the molecule is Cc1cc(=O)c(O)c(CN2CCCC2)n1C1CCCCCC1. The summed E-state index contributed by atoms with van der Waals surface area (Å²) < 4.78 is 2.28. The van der Waals surface area contributed by atoms with Gasteiger partial charge in [-0.25, -0.2) is 0 Å². The van der Waals surface area contributed by atoms with Gasteiger partial charge in [0.2, 0.25) is 5.43 Å². The molecule has 122 valence electrons. The number of nitrogens with zero attached hydrogens (tertiary/aromatic N) is 2. The highest BCUT2D eigenvalue weighted by Crippen LogP contribution is 2.31. The second-order valence-corrected chi connectivity index (χ2v) is 6.94. The second-order valence-electron chi connectivity index (χ2n) is 6.94. The number of aromatic nitrogens is 1. The van der Waals surface area contributed by atoms with E-state index in [-0.39, 0.29) is 11.2 Å². The number of aryl methyl sites for hydroxylation is 1. The summed E-state index contributed by atoms with van der Waals surface area (Å²) in [5.74, 6) is -0.0262. The fraction of sp³-hybridized carbons (Fsp3) is 0.722. The van der Waals surface area contributed by atoms with Gasteiger partial charge in [0, 0.05) is 24.3 Å². The molecule has 1 aromatic heterocycles. The van der Waals surface area contributed by atoms with Crippen LogP contribution in [0.5, 0.6) is 5.75 Å². The van der Waals surface area contributed by atoms with Crippen molar-refractivity contribution in [2.75, 3.05) is 13.1 Å². The Morgan fingerprint density at radius 1 is 1.09 bits per heavy atom. The molecular formula is C18H28N2O2. The van der Waals surface area contributed by atoms with Crippen molar-refractivity contribution < 1.29 is 5.11 Å². The van der Waals surface area contributed by atoms with Gasteiger partial charge in [-0.2, -0.15) is 0 Å². The smallest absolute Gasteiger partial charge is 0.223 e. The van der Waals surface area contributed by atoms with Crippen LogP contribution in [0.1, 0.15) is 68.8 Å². The fourth-order valence-corrected chi connectivity index (χ4v) is 4.12. The summed E-state index contributed by atoms with van der Waals surface area (Å²) in [4.78, 5) is 14.4. The maximum Gasteiger partial charge on any atom is 0.223 e. The van der Waals surface area contributed by atoms with Crippen LogP contribution in [0.3, 0.4) is 0 Å². The highest BCUT2D eigenvalue weighted by Gasteiger charge is 2.23. The van der Waals surface area contributed by atoms with E-state index in [1.165, 1.54) is 38.5 Å². The van der Waals surface area contributed by atoms with Crippen LogP contribution in [-0.2, 0) is 6.54 Å². The lowest BCUT2D eigenvalue weighted by Gasteiger charge is -2.28. The lowest BCUT2D eigenvalue weighted by molar-refractivity contribution is 0.296. The van der Waals surface area contributed by atoms with E-state index in [1.54, 1.807) is 6.07 Å². The van der Waals surface area contributed by atoms with Gasteiger partial charge in [0.15, 0.2) is 5.75 Å². The minimum Gasteiger partial charge on any atom is -0.503 e. The van der Waals surface area contributed by atoms with E-state index >= 15 is 0 Å². The van der Waals surface area contributed by atoms with E-state index in [2.05, 4.69) is 9.47 Å². The van der Waals surface area contributed by atoms with Crippen molar-refractivity contribution in [2.45, 2.75) is 70.9 Å². The van der Waals surface area contributed by atoms with E-state index in [0.717, 1.165) is 37.3 Å². The lowest BCUT2D eigenvalue weighted by atomic mass is 10.1. The molecule has 0 spiro atoms. The number of hydrogen-bond acceptors (Lipinski definition) is 3. The molecule has 1 aliphatic carbocycles. The minimum atomic E-state index is -0.225. The molecule has 1 aliphatic heterocycles. The van der Waals surface area contributed by atoms with E-state index in [0.29, 0.717) is 12.6 Å². The maximum absolute atomic E-state index is 12.1. The number of aromatic hydroxyl groups is 1. The van der Waals surface area contributed by atoms with Crippen molar-refractivity contribution in [3.63, 3.8) is 0 Å². The molecule has 0 aromatic carbocycles. The Morgan fingerprint density at radius 3 is 2.36 bits per heavy atom. The predicted octanol–water partition coefficient (Wildman–Crippen LogP) is 3.35. The van der Waals surface area contributed by atoms with Gasteiger partial charge in [0.05, 0.1) is 5.69 Å². The Kier molecular flexibility index (Phi) is 4.87. The third-order valence-electron chi connectivity index (χ3n) is 5.28. The maximum atomic E-state index is 12.1. The van der Waals surface area contributed by atoms with Gasteiger partial charge in [0.25, 0.3) is 0 Å². The van der Waals surface area contributed by atoms with Crippen LogP contribution in [0.2, 0.25) is 0 Å². The quantitative estimate of drug-likeness (QED) is 0.871. The molecule has 0 radical (unpaired) electrons. The van der Waals surface area contributed by atoms with Gasteiger partial charge < -0.3 is 9.67 Å². The zero-order chi connectivity index (χ0) is 15.5. The monoisotopic (exact) mass is 304 g/mol. The second kappa shape index (κ2) is 6.86. The van der Waals surface area contributed by atoms with Crippen LogP contribution in [0, 0.1) is 6.92 Å². The number of likely N-dealkylation sites (tertiary alicyclic amines) is 1. The van der Waals surface area contributed by atoms with Gasteiger partial charge >= 0.3 is 0 Å². The predicted molar refractivity (Wildman–Crippen MR) is 88.4 cm³/mol. The molecule has 1 N–H and O–H groups in total. The first-order valence-electron chi connectivity index (χ1n) is 8.83. The minimum absolute atomic E-state index is 0.0262. The molecule has 2 aliphatic rings. The molecule has 22 heavy (non-hydrogen) atoms. The molecule has 2 heterocycles. The fourth-order valence-electron chi connectivity index (χ4n) is 4.12. The summed E-state index contributed by atoms with van der Waals surface area (Å²) in [5, 5.41) is 10.4. The summed E-state index contributed by atoms with van der Waals surface area (Å²) in [5.41, 5.74) is 1.62. The van der Waals surface area contributed by atoms with E-state index in [9.17, 15) is 9.90 Å². The van der Waals surface area contributed by atoms with Crippen molar-refractivity contribution in [1.29, 1.82) is 0 Å². The van der Waals surface area contributed by atoms with Gasteiger partial charge in [-0.3, -0.25) is 9.69 Å². The summed E-state index contributed by atoms with van der Waals surface area (Å²) >= 11 is 0.